The molecule has 1 aromatic heterocycles. The van der Waals surface area contributed by atoms with E-state index in [1.807, 2.05) is 7.11 Å². The van der Waals surface area contributed by atoms with Crippen LogP contribution in [0, 0.1) is 12.8 Å². The van der Waals surface area contributed by atoms with Gasteiger partial charge in [-0.1, -0.05) is 25.1 Å². The van der Waals surface area contributed by atoms with Gasteiger partial charge < -0.3 is 9.64 Å². The van der Waals surface area contributed by atoms with Crippen LogP contribution in [0.2, 0.25) is 0 Å². The second-order valence-corrected chi connectivity index (χ2v) is 6.30. The Hall–Kier alpha value is -1.61. The number of hydrogen-bond acceptors (Lipinski definition) is 3. The molecule has 1 aliphatic heterocycles. The second kappa shape index (κ2) is 6.66. The number of nitrogens with zero attached hydrogens (tertiary/aromatic N) is 2. The number of para-hydroxylation sites is 1. The molecule has 0 N–H and O–H groups in total. The van der Waals surface area contributed by atoms with Crippen LogP contribution >= 0.6 is 0 Å². The molecule has 1 aliphatic rings. The van der Waals surface area contributed by atoms with Crippen LogP contribution in [0.15, 0.2) is 24.3 Å². The van der Waals surface area contributed by atoms with Crippen LogP contribution in [-0.4, -0.2) is 31.8 Å². The van der Waals surface area contributed by atoms with Gasteiger partial charge in [-0.25, -0.2) is 0 Å². The van der Waals surface area contributed by atoms with Crippen molar-refractivity contribution in [3.8, 4) is 0 Å². The highest BCUT2D eigenvalue weighted by molar-refractivity contribution is 5.94. The lowest BCUT2D eigenvalue weighted by Gasteiger charge is -2.36. The fourth-order valence-electron chi connectivity index (χ4n) is 3.78. The summed E-state index contributed by atoms with van der Waals surface area (Å²) in [7, 11) is 1.81. The van der Waals surface area contributed by atoms with E-state index in [0.29, 0.717) is 5.92 Å². The number of benzene rings is 1. The van der Waals surface area contributed by atoms with Crippen molar-refractivity contribution < 1.29 is 4.74 Å². The molecule has 0 radical (unpaired) electrons. The van der Waals surface area contributed by atoms with Crippen LogP contribution in [0.25, 0.3) is 10.9 Å². The number of pyridine rings is 1. The van der Waals surface area contributed by atoms with Gasteiger partial charge in [0.05, 0.1) is 17.8 Å². The van der Waals surface area contributed by atoms with E-state index in [9.17, 15) is 0 Å². The van der Waals surface area contributed by atoms with Gasteiger partial charge in [-0.3, -0.25) is 4.98 Å². The summed E-state index contributed by atoms with van der Waals surface area (Å²) in [5, 5.41) is 1.29. The molecule has 1 fully saturated rings. The Bertz CT molecular complexity index is 651. The van der Waals surface area contributed by atoms with Crippen molar-refractivity contribution in [2.75, 3.05) is 31.7 Å². The molecule has 2 heterocycles. The zero-order valence-electron chi connectivity index (χ0n) is 13.9. The zero-order chi connectivity index (χ0) is 15.5. The third-order valence-corrected chi connectivity index (χ3v) is 4.76. The Labute approximate surface area is 133 Å². The van der Waals surface area contributed by atoms with Crippen molar-refractivity contribution in [1.82, 2.24) is 4.98 Å². The van der Waals surface area contributed by atoms with E-state index in [4.69, 9.17) is 9.72 Å². The average molecular weight is 298 g/mol. The molecule has 0 spiro atoms. The van der Waals surface area contributed by atoms with Crippen molar-refractivity contribution in [3.63, 3.8) is 0 Å². The molecule has 3 heteroatoms. The van der Waals surface area contributed by atoms with Crippen LogP contribution < -0.4 is 4.90 Å². The number of anilines is 1. The highest BCUT2D eigenvalue weighted by atomic mass is 16.5. The van der Waals surface area contributed by atoms with Crippen molar-refractivity contribution in [3.05, 3.63) is 35.5 Å². The van der Waals surface area contributed by atoms with Gasteiger partial charge in [0.2, 0.25) is 0 Å². The summed E-state index contributed by atoms with van der Waals surface area (Å²) < 4.78 is 5.39. The molecule has 0 saturated carbocycles. The maximum absolute atomic E-state index is 5.39. The molecule has 0 bridgehead atoms. The molecular formula is C19H26N2O. The molecule has 1 aromatic carbocycles. The minimum atomic E-state index is 0.635. The van der Waals surface area contributed by atoms with Gasteiger partial charge in [0, 0.05) is 31.3 Å². The standard InChI is InChI=1S/C19H26N2O/c1-4-16-14(2)20-18-10-6-5-9-17(18)19(16)21-11-7-8-15(12-21)13-22-3/h5-6,9-10,15H,4,7-8,11-13H2,1-3H3. The lowest BCUT2D eigenvalue weighted by molar-refractivity contribution is 0.143. The average Bonchev–Trinajstić information content (AvgIpc) is 2.54. The Balaban J connectivity index is 2.07. The first kappa shape index (κ1) is 15.3. The zero-order valence-corrected chi connectivity index (χ0v) is 13.9. The van der Waals surface area contributed by atoms with Gasteiger partial charge in [0.15, 0.2) is 0 Å². The van der Waals surface area contributed by atoms with E-state index < -0.39 is 0 Å². The quantitative estimate of drug-likeness (QED) is 0.854. The molecule has 0 aliphatic carbocycles. The van der Waals surface area contributed by atoms with Crippen LogP contribution in [0.1, 0.15) is 31.0 Å². The van der Waals surface area contributed by atoms with Crippen LogP contribution in [-0.2, 0) is 11.2 Å². The Morgan fingerprint density at radius 2 is 2.14 bits per heavy atom. The van der Waals surface area contributed by atoms with E-state index in [-0.39, 0.29) is 0 Å². The Morgan fingerprint density at radius 3 is 2.91 bits per heavy atom. The number of hydrogen-bond donors (Lipinski definition) is 0. The highest BCUT2D eigenvalue weighted by Crippen LogP contribution is 2.34. The highest BCUT2D eigenvalue weighted by Gasteiger charge is 2.24. The van der Waals surface area contributed by atoms with Crippen molar-refractivity contribution in [2.24, 2.45) is 5.92 Å². The minimum Gasteiger partial charge on any atom is -0.384 e. The summed E-state index contributed by atoms with van der Waals surface area (Å²) in [5.41, 5.74) is 5.09. The molecule has 1 atom stereocenters. The number of aryl methyl sites for hydroxylation is 1. The van der Waals surface area contributed by atoms with Gasteiger partial charge >= 0.3 is 0 Å². The fraction of sp³-hybridized carbons (Fsp3) is 0.526. The van der Waals surface area contributed by atoms with E-state index in [1.54, 1.807) is 0 Å². The Kier molecular flexibility index (Phi) is 4.63. The SMILES string of the molecule is CCc1c(C)nc2ccccc2c1N1CCCC(COC)C1. The van der Waals surface area contributed by atoms with Crippen LogP contribution in [0.5, 0.6) is 0 Å². The van der Waals surface area contributed by atoms with Gasteiger partial charge in [-0.15, -0.1) is 0 Å². The minimum absolute atomic E-state index is 0.635. The Morgan fingerprint density at radius 1 is 1.32 bits per heavy atom. The third-order valence-electron chi connectivity index (χ3n) is 4.76. The predicted molar refractivity (Wildman–Crippen MR) is 92.7 cm³/mol. The number of rotatable bonds is 4. The maximum Gasteiger partial charge on any atom is 0.0726 e. The number of piperidine rings is 1. The molecule has 1 unspecified atom stereocenters. The number of fused-ring (bicyclic) bond motifs is 1. The van der Waals surface area contributed by atoms with Crippen LogP contribution in [0.4, 0.5) is 5.69 Å². The summed E-state index contributed by atoms with van der Waals surface area (Å²) >= 11 is 0. The summed E-state index contributed by atoms with van der Waals surface area (Å²) in [4.78, 5) is 7.38. The number of methoxy groups -OCH3 is 1. The van der Waals surface area contributed by atoms with Gasteiger partial charge in [-0.2, -0.15) is 0 Å². The van der Waals surface area contributed by atoms with E-state index in [1.165, 1.54) is 35.2 Å². The largest absolute Gasteiger partial charge is 0.384 e. The van der Waals surface area contributed by atoms with Gasteiger partial charge in [-0.05, 0) is 43.7 Å². The summed E-state index contributed by atoms with van der Waals surface area (Å²) in [6.07, 6.45) is 3.55. The molecule has 2 aromatic rings. The lowest BCUT2D eigenvalue weighted by atomic mass is 9.95. The van der Waals surface area contributed by atoms with E-state index in [2.05, 4.69) is 43.0 Å². The molecular weight excluding hydrogens is 272 g/mol. The smallest absolute Gasteiger partial charge is 0.0726 e. The topological polar surface area (TPSA) is 25.4 Å². The van der Waals surface area contributed by atoms with Crippen molar-refractivity contribution in [1.29, 1.82) is 0 Å². The fourth-order valence-corrected chi connectivity index (χ4v) is 3.78. The first-order valence-electron chi connectivity index (χ1n) is 8.36. The van der Waals surface area contributed by atoms with Gasteiger partial charge in [0.1, 0.15) is 0 Å². The summed E-state index contributed by atoms with van der Waals surface area (Å²) in [6.45, 7) is 7.47. The van der Waals surface area contributed by atoms with Crippen molar-refractivity contribution in [2.45, 2.75) is 33.1 Å². The first-order valence-corrected chi connectivity index (χ1v) is 8.36. The maximum atomic E-state index is 5.39. The molecule has 0 amide bonds. The first-order chi connectivity index (χ1) is 10.7. The predicted octanol–water partition coefficient (Wildman–Crippen LogP) is 3.97. The number of ether oxygens (including phenoxy) is 1. The summed E-state index contributed by atoms with van der Waals surface area (Å²) in [6, 6.07) is 8.55. The molecule has 3 nitrogen and oxygen atoms in total. The van der Waals surface area contributed by atoms with E-state index in [0.717, 1.165) is 31.6 Å². The third kappa shape index (κ3) is 2.82. The van der Waals surface area contributed by atoms with Crippen LogP contribution in [0.3, 0.4) is 0 Å². The van der Waals surface area contributed by atoms with Crippen molar-refractivity contribution >= 4 is 16.6 Å². The number of aromatic nitrogens is 1. The molecule has 3 rings (SSSR count). The summed E-state index contributed by atoms with van der Waals surface area (Å²) in [5.74, 6) is 0.635. The molecule has 22 heavy (non-hydrogen) atoms. The van der Waals surface area contributed by atoms with Gasteiger partial charge in [0.25, 0.3) is 0 Å². The monoisotopic (exact) mass is 298 g/mol. The second-order valence-electron chi connectivity index (χ2n) is 6.30. The lowest BCUT2D eigenvalue weighted by Crippen LogP contribution is -2.38. The molecule has 1 saturated heterocycles. The molecule has 118 valence electrons. The normalized spacial score (nSPS) is 18.9. The van der Waals surface area contributed by atoms with E-state index >= 15 is 0 Å².